The minimum atomic E-state index is -3.92. The zero-order valence-corrected chi connectivity index (χ0v) is 24.6. The van der Waals surface area contributed by atoms with Crippen LogP contribution in [0.4, 0.5) is 16.0 Å². The Bertz CT molecular complexity index is 1330. The van der Waals surface area contributed by atoms with Crippen molar-refractivity contribution in [1.29, 1.82) is 0 Å². The van der Waals surface area contributed by atoms with E-state index in [9.17, 15) is 17.6 Å². The number of nitrogens with one attached hydrogen (secondary N) is 1. The second-order valence-electron chi connectivity index (χ2n) is 12.3. The summed E-state index contributed by atoms with van der Waals surface area (Å²) in [4.78, 5) is 24.0. The average molecular weight is 573 g/mol. The summed E-state index contributed by atoms with van der Waals surface area (Å²) in [5.41, 5.74) is -0.252. The van der Waals surface area contributed by atoms with Crippen LogP contribution in [0, 0.1) is 28.5 Å². The van der Waals surface area contributed by atoms with E-state index in [-0.39, 0.29) is 28.6 Å². The van der Waals surface area contributed by atoms with Gasteiger partial charge >= 0.3 is 0 Å². The van der Waals surface area contributed by atoms with E-state index in [0.717, 1.165) is 63.1 Å². The van der Waals surface area contributed by atoms with Gasteiger partial charge in [0.1, 0.15) is 11.5 Å². The molecule has 2 unspecified atom stereocenters. The Morgan fingerprint density at radius 2 is 1.88 bits per heavy atom. The standard InChI is InChI=1S/C30H41FN4O4S/c1-4-21-18-32-28(33-19-21)35-13-10-22(11-14-35)6-5-15-39-24-7-8-26(25(31)17-24)34-40(37,38)20-30-12-9-23(16-27(30)36)29(30,2)3/h7-8,17-19,22-23,34H,4-6,9-16,20H2,1-3H3. The molecule has 1 aromatic carbocycles. The predicted octanol–water partition coefficient (Wildman–Crippen LogP) is 5.39. The molecule has 2 heterocycles. The number of ketones is 1. The van der Waals surface area contributed by atoms with Crippen molar-refractivity contribution in [2.75, 3.05) is 35.1 Å². The number of hydrogen-bond acceptors (Lipinski definition) is 7. The third kappa shape index (κ3) is 5.69. The lowest BCUT2D eigenvalue weighted by Crippen LogP contribution is -2.43. The Kier molecular flexibility index (Phi) is 8.10. The second kappa shape index (κ2) is 11.3. The van der Waals surface area contributed by atoms with Crippen LogP contribution in [0.5, 0.6) is 5.75 Å². The van der Waals surface area contributed by atoms with Crippen molar-refractivity contribution in [1.82, 2.24) is 9.97 Å². The number of carbonyl (C=O) groups is 1. The van der Waals surface area contributed by atoms with E-state index in [1.54, 1.807) is 6.07 Å². The molecule has 0 amide bonds. The molecular weight excluding hydrogens is 531 g/mol. The number of aryl methyl sites for hydroxylation is 1. The lowest BCUT2D eigenvalue weighted by Gasteiger charge is -2.36. The molecule has 1 saturated heterocycles. The number of fused-ring (bicyclic) bond motifs is 2. The van der Waals surface area contributed by atoms with Crippen molar-refractivity contribution in [3.8, 4) is 5.75 Å². The SMILES string of the molecule is CCc1cnc(N2CCC(CCCOc3ccc(NS(=O)(=O)CC45CCC(CC4=O)C5(C)C)c(F)c3)CC2)nc1. The molecule has 1 N–H and O–H groups in total. The molecule has 1 aliphatic heterocycles. The van der Waals surface area contributed by atoms with Crippen LogP contribution in [-0.4, -0.2) is 49.6 Å². The highest BCUT2D eigenvalue weighted by atomic mass is 32.2. The Balaban J connectivity index is 1.07. The van der Waals surface area contributed by atoms with Crippen molar-refractivity contribution >= 4 is 27.4 Å². The zero-order chi connectivity index (χ0) is 28.5. The van der Waals surface area contributed by atoms with Crippen molar-refractivity contribution < 1.29 is 22.3 Å². The van der Waals surface area contributed by atoms with Crippen LogP contribution in [0.25, 0.3) is 0 Å². The van der Waals surface area contributed by atoms with Crippen LogP contribution >= 0.6 is 0 Å². The summed E-state index contributed by atoms with van der Waals surface area (Å²) in [6.45, 7) is 8.41. The number of rotatable bonds is 11. The number of nitrogens with zero attached hydrogens (tertiary/aromatic N) is 3. The smallest absolute Gasteiger partial charge is 0.233 e. The van der Waals surface area contributed by atoms with Gasteiger partial charge in [-0.05, 0) is 79.9 Å². The van der Waals surface area contributed by atoms with Crippen molar-refractivity contribution in [2.45, 2.75) is 72.1 Å². The van der Waals surface area contributed by atoms with Crippen LogP contribution in [0.1, 0.15) is 71.3 Å². The number of aromatic nitrogens is 2. The largest absolute Gasteiger partial charge is 0.493 e. The van der Waals surface area contributed by atoms with Gasteiger partial charge in [-0.1, -0.05) is 20.8 Å². The molecule has 3 aliphatic rings. The van der Waals surface area contributed by atoms with Crippen LogP contribution in [0.3, 0.4) is 0 Å². The van der Waals surface area contributed by atoms with E-state index in [1.165, 1.54) is 12.1 Å². The van der Waals surface area contributed by atoms with Crippen LogP contribution in [-0.2, 0) is 21.2 Å². The molecule has 1 aromatic heterocycles. The first-order chi connectivity index (χ1) is 19.0. The van der Waals surface area contributed by atoms with Crippen molar-refractivity contribution in [3.63, 3.8) is 0 Å². The summed E-state index contributed by atoms with van der Waals surface area (Å²) < 4.78 is 49.0. The lowest BCUT2D eigenvalue weighted by atomic mass is 9.70. The van der Waals surface area contributed by atoms with Crippen LogP contribution in [0.15, 0.2) is 30.6 Å². The Labute approximate surface area is 237 Å². The Hall–Kier alpha value is -2.75. The van der Waals surface area contributed by atoms with Gasteiger partial charge in [-0.15, -0.1) is 0 Å². The molecule has 3 fully saturated rings. The Morgan fingerprint density at radius 1 is 1.15 bits per heavy atom. The highest BCUT2D eigenvalue weighted by Crippen LogP contribution is 2.64. The molecule has 0 radical (unpaired) electrons. The maximum absolute atomic E-state index is 14.8. The number of anilines is 2. The monoisotopic (exact) mass is 572 g/mol. The van der Waals surface area contributed by atoms with Gasteiger partial charge in [0.05, 0.1) is 23.5 Å². The summed E-state index contributed by atoms with van der Waals surface area (Å²) >= 11 is 0. The van der Waals surface area contributed by atoms with E-state index in [2.05, 4.69) is 26.5 Å². The molecule has 40 heavy (non-hydrogen) atoms. The number of carbonyl (C=O) groups excluding carboxylic acids is 1. The summed E-state index contributed by atoms with van der Waals surface area (Å²) in [5.74, 6) is 1.01. The maximum Gasteiger partial charge on any atom is 0.233 e. The quantitative estimate of drug-likeness (QED) is 0.360. The molecule has 8 nitrogen and oxygen atoms in total. The number of benzene rings is 1. The van der Waals surface area contributed by atoms with Gasteiger partial charge in [0.15, 0.2) is 5.82 Å². The van der Waals surface area contributed by atoms with Gasteiger partial charge < -0.3 is 9.64 Å². The molecule has 10 heteroatoms. The molecular formula is C30H41FN4O4S. The average Bonchev–Trinajstić information content (AvgIpc) is 3.27. The van der Waals surface area contributed by atoms with E-state index in [4.69, 9.17) is 4.74 Å². The molecule has 2 bridgehead atoms. The van der Waals surface area contributed by atoms with Crippen LogP contribution < -0.4 is 14.4 Å². The fourth-order valence-corrected chi connectivity index (χ4v) is 8.88. The summed E-state index contributed by atoms with van der Waals surface area (Å²) in [5, 5.41) is 0. The summed E-state index contributed by atoms with van der Waals surface area (Å²) in [6.07, 6.45) is 10.6. The van der Waals surface area contributed by atoms with E-state index < -0.39 is 21.3 Å². The maximum atomic E-state index is 14.8. The van der Waals surface area contributed by atoms with Crippen LogP contribution in [0.2, 0.25) is 0 Å². The second-order valence-corrected chi connectivity index (χ2v) is 14.1. The first kappa shape index (κ1) is 28.8. The highest BCUT2D eigenvalue weighted by molar-refractivity contribution is 7.92. The molecule has 218 valence electrons. The normalized spacial score (nSPS) is 24.4. The summed E-state index contributed by atoms with van der Waals surface area (Å²) in [7, 11) is -3.92. The predicted molar refractivity (Wildman–Crippen MR) is 153 cm³/mol. The molecule has 0 spiro atoms. The third-order valence-corrected chi connectivity index (χ3v) is 11.2. The first-order valence-electron chi connectivity index (χ1n) is 14.5. The molecule has 2 saturated carbocycles. The lowest BCUT2D eigenvalue weighted by molar-refractivity contribution is -0.128. The molecule has 2 atom stereocenters. The summed E-state index contributed by atoms with van der Waals surface area (Å²) in [6, 6.07) is 4.19. The van der Waals surface area contributed by atoms with Crippen molar-refractivity contribution in [2.24, 2.45) is 22.7 Å². The highest BCUT2D eigenvalue weighted by Gasteiger charge is 2.65. The number of ether oxygens (including phenoxy) is 1. The minimum Gasteiger partial charge on any atom is -0.493 e. The number of hydrogen-bond donors (Lipinski definition) is 1. The van der Waals surface area contributed by atoms with Gasteiger partial charge in [-0.25, -0.2) is 22.8 Å². The third-order valence-electron chi connectivity index (χ3n) is 9.80. The zero-order valence-electron chi connectivity index (χ0n) is 23.8. The van der Waals surface area contributed by atoms with E-state index >= 15 is 0 Å². The minimum absolute atomic E-state index is 0.0182. The van der Waals surface area contributed by atoms with Gasteiger partial charge in [0.2, 0.25) is 16.0 Å². The van der Waals surface area contributed by atoms with Crippen molar-refractivity contribution in [3.05, 3.63) is 42.0 Å². The van der Waals surface area contributed by atoms with Gasteiger partial charge in [0, 0.05) is 38.0 Å². The van der Waals surface area contributed by atoms with E-state index in [0.29, 0.717) is 31.1 Å². The number of piperidine rings is 1. The molecule has 5 rings (SSSR count). The van der Waals surface area contributed by atoms with Gasteiger partial charge in [-0.3, -0.25) is 9.52 Å². The van der Waals surface area contributed by atoms with Gasteiger partial charge in [0.25, 0.3) is 0 Å². The Morgan fingerprint density at radius 3 is 2.48 bits per heavy atom. The number of sulfonamides is 1. The number of halogens is 1. The first-order valence-corrected chi connectivity index (χ1v) is 16.2. The number of Topliss-reactive ketones (excluding diaryl/α,β-unsaturated/α-hetero) is 1. The molecule has 2 aromatic rings. The fourth-order valence-electron chi connectivity index (χ4n) is 6.98. The molecule has 2 aliphatic carbocycles. The van der Waals surface area contributed by atoms with E-state index in [1.807, 2.05) is 26.2 Å². The van der Waals surface area contributed by atoms with Gasteiger partial charge in [-0.2, -0.15) is 0 Å². The fraction of sp³-hybridized carbons (Fsp3) is 0.633. The topological polar surface area (TPSA) is 101 Å².